The van der Waals surface area contributed by atoms with Gasteiger partial charge in [0.05, 0.1) is 0 Å². The summed E-state index contributed by atoms with van der Waals surface area (Å²) in [5.41, 5.74) is 0. The van der Waals surface area contributed by atoms with Crippen LogP contribution in [0.2, 0.25) is 0 Å². The molecule has 0 aliphatic carbocycles. The van der Waals surface area contributed by atoms with E-state index >= 15 is 0 Å². The molecule has 6 nitrogen and oxygen atoms in total. The first-order chi connectivity index (χ1) is 2.56. The van der Waals surface area contributed by atoms with Crippen LogP contribution in [0.25, 0.3) is 0 Å². The van der Waals surface area contributed by atoms with E-state index in [2.05, 4.69) is 4.90 Å². The van der Waals surface area contributed by atoms with Gasteiger partial charge in [-0.2, -0.15) is 0 Å². The van der Waals surface area contributed by atoms with Gasteiger partial charge in [-0.1, -0.05) is 0 Å². The molecule has 0 heterocycles. The van der Waals surface area contributed by atoms with Crippen molar-refractivity contribution in [1.82, 2.24) is 12.3 Å². The number of hydrogen-bond acceptors (Lipinski definition) is 4. The van der Waals surface area contributed by atoms with Crippen LogP contribution in [0, 0.1) is 0 Å². The van der Waals surface area contributed by atoms with Gasteiger partial charge in [-0.25, -0.2) is 4.57 Å². The lowest BCUT2D eigenvalue weighted by Crippen LogP contribution is -1.66. The van der Waals surface area contributed by atoms with Crippen molar-refractivity contribution in [1.29, 1.82) is 1.43 Å². The highest BCUT2D eigenvalue weighted by atomic mass is 31.2. The summed E-state index contributed by atoms with van der Waals surface area (Å²) in [7, 11) is -4.48. The molecule has 7 heavy (non-hydrogen) atoms. The van der Waals surface area contributed by atoms with Gasteiger partial charge in [-0.05, 0) is 0 Å². The summed E-state index contributed by atoms with van der Waals surface area (Å²) < 4.78 is 14.9. The van der Waals surface area contributed by atoms with E-state index in [1.165, 1.54) is 0 Å². The lowest BCUT2D eigenvalue weighted by molar-refractivity contribution is 0.275. The third-order valence-corrected chi connectivity index (χ3v) is 0. The molecule has 0 fully saturated rings. The van der Waals surface area contributed by atoms with Crippen molar-refractivity contribution in [3.05, 3.63) is 0 Å². The van der Waals surface area contributed by atoms with Gasteiger partial charge in [0.15, 0.2) is 0 Å². The van der Waals surface area contributed by atoms with Crippen molar-refractivity contribution >= 4 is 7.82 Å². The third-order valence-electron chi connectivity index (χ3n) is 0. The van der Waals surface area contributed by atoms with E-state index in [-0.39, 0.29) is 12.3 Å². The predicted molar refractivity (Wildman–Crippen MR) is 24.3 cm³/mol. The van der Waals surface area contributed by atoms with Crippen molar-refractivity contribution in [2.24, 2.45) is 0 Å². The molecule has 0 rings (SSSR count). The van der Waals surface area contributed by atoms with Crippen LogP contribution in [0.3, 0.4) is 0 Å². The molecule has 0 saturated heterocycles. The highest BCUT2D eigenvalue weighted by Crippen LogP contribution is 2.25. The average Bonchev–Trinajstić information content (AvgIpc) is 1.35. The molecule has 0 aliphatic heterocycles. The molecule has 0 amide bonds. The molecule has 0 aromatic carbocycles. The second-order valence-corrected chi connectivity index (χ2v) is 1.47. The lowest BCUT2D eigenvalue weighted by Gasteiger charge is -1.82. The molecular weight excluding hydrogens is 123 g/mol. The van der Waals surface area contributed by atoms with Gasteiger partial charge in [0.25, 0.3) is 0 Å². The minimum atomic E-state index is -4.48. The zero-order chi connectivity index (χ0) is 5.21. The maximum absolute atomic E-state index is 9.28. The lowest BCUT2D eigenvalue weighted by atomic mass is 14.0. The first-order valence-electron chi connectivity index (χ1n) is 1.17. The van der Waals surface area contributed by atoms with Crippen LogP contribution in [-0.2, 0) is 4.57 Å². The van der Waals surface area contributed by atoms with E-state index in [0.29, 0.717) is 0 Å². The molecule has 0 aromatic rings. The van der Waals surface area contributed by atoms with Gasteiger partial charge in [0.2, 0.25) is 1.43 Å². The number of rotatable bonds is 1. The van der Waals surface area contributed by atoms with Crippen LogP contribution >= 0.6 is 7.82 Å². The van der Waals surface area contributed by atoms with E-state index < -0.39 is 7.82 Å². The first kappa shape index (κ1) is 10.1. The van der Waals surface area contributed by atoms with Crippen LogP contribution in [0.5, 0.6) is 0 Å². The first-order valence-corrected chi connectivity index (χ1v) is 2.30. The van der Waals surface area contributed by atoms with Crippen LogP contribution in [0.4, 0.5) is 0 Å². The van der Waals surface area contributed by atoms with E-state index in [9.17, 15) is 4.57 Å². The second kappa shape index (κ2) is 4.20. The van der Waals surface area contributed by atoms with E-state index in [4.69, 9.17) is 11.2 Å². The summed E-state index contributed by atoms with van der Waals surface area (Å²) in [5.74, 6) is 0. The summed E-state index contributed by atoms with van der Waals surface area (Å²) in [6.45, 7) is 0. The maximum atomic E-state index is 9.28. The fraction of sp³-hybridized carbons (Fsp3) is 0. The molecule has 0 saturated carbocycles. The topological polar surface area (TPSA) is 148 Å². The Labute approximate surface area is 42.1 Å². The summed E-state index contributed by atoms with van der Waals surface area (Å²) in [6.07, 6.45) is 0. The van der Waals surface area contributed by atoms with Gasteiger partial charge < -0.3 is 27.0 Å². The maximum Gasteiger partial charge on any atom is 0.466 e. The van der Waals surface area contributed by atoms with Crippen molar-refractivity contribution in [3.63, 3.8) is 0 Å². The predicted octanol–water partition coefficient (Wildman–Crippen LogP) is -0.605. The minimum absolute atomic E-state index is 0. The Morgan fingerprint density at radius 2 is 1.57 bits per heavy atom. The minimum Gasteiger partial charge on any atom is -0.344 e. The largest absolute Gasteiger partial charge is 0.466 e. The number of phosphoric acid groups is 1. The SMILES string of the molecule is N.N.[2H]OP(=O)(O)O. The van der Waals surface area contributed by atoms with Gasteiger partial charge in [-0.3, -0.25) is 0 Å². The summed E-state index contributed by atoms with van der Waals surface area (Å²) >= 11 is 0. The zero-order valence-electron chi connectivity index (χ0n) is 4.57. The smallest absolute Gasteiger partial charge is 0.344 e. The molecular formula is H9N2O4P. The van der Waals surface area contributed by atoms with E-state index in [1.54, 1.807) is 0 Å². The molecule has 0 aliphatic rings. The Kier molecular flexibility index (Phi) is 6.06. The Morgan fingerprint density at radius 1 is 1.43 bits per heavy atom. The Balaban J connectivity index is -0.000000125. The summed E-state index contributed by atoms with van der Waals surface area (Å²) in [5, 5.41) is 0. The fourth-order valence-corrected chi connectivity index (χ4v) is 0. The molecule has 48 valence electrons. The normalized spacial score (nSPS) is 10.3. The van der Waals surface area contributed by atoms with Gasteiger partial charge in [0.1, 0.15) is 0 Å². The number of hydrogen-bond donors (Lipinski definition) is 5. The van der Waals surface area contributed by atoms with E-state index in [0.717, 1.165) is 0 Å². The second-order valence-electron chi connectivity index (χ2n) is 0.491. The van der Waals surface area contributed by atoms with Gasteiger partial charge in [0, 0.05) is 0 Å². The van der Waals surface area contributed by atoms with Crippen molar-refractivity contribution in [3.8, 4) is 0 Å². The van der Waals surface area contributed by atoms with Crippen LogP contribution in [-0.4, -0.2) is 16.1 Å². The Morgan fingerprint density at radius 3 is 1.57 bits per heavy atom. The molecule has 0 radical (unpaired) electrons. The quantitative estimate of drug-likeness (QED) is 0.301. The molecule has 0 unspecified atom stereocenters. The molecule has 0 spiro atoms. The van der Waals surface area contributed by atoms with Crippen molar-refractivity contribution in [2.75, 3.05) is 0 Å². The summed E-state index contributed by atoms with van der Waals surface area (Å²) in [4.78, 5) is 17.9. The molecule has 0 aromatic heterocycles. The van der Waals surface area contributed by atoms with Crippen LogP contribution in [0.15, 0.2) is 0 Å². The van der Waals surface area contributed by atoms with Crippen molar-refractivity contribution < 1.29 is 19.2 Å². The van der Waals surface area contributed by atoms with Crippen LogP contribution < -0.4 is 12.3 Å². The highest BCUT2D eigenvalue weighted by molar-refractivity contribution is 7.45. The average molecular weight is 133 g/mol. The van der Waals surface area contributed by atoms with Crippen molar-refractivity contribution in [2.45, 2.75) is 0 Å². The fourth-order valence-electron chi connectivity index (χ4n) is 0. The molecule has 0 bridgehead atoms. The Bertz CT molecular complexity index is 78.1. The molecule has 9 N–H and O–H groups in total. The molecule has 7 heteroatoms. The third kappa shape index (κ3) is 109000. The summed E-state index contributed by atoms with van der Waals surface area (Å²) in [6, 6.07) is 0. The molecule has 0 atom stereocenters. The highest BCUT2D eigenvalue weighted by Gasteiger charge is 2.00. The standard InChI is InChI=1S/2H3N.H3O4P/c;;1-5(2,3)4/h2*1H3;(H3,1,2,3,4)/i/hD. The Hall–Kier alpha value is 0.0300. The van der Waals surface area contributed by atoms with Gasteiger partial charge in [-0.15, -0.1) is 0 Å². The van der Waals surface area contributed by atoms with Gasteiger partial charge >= 0.3 is 7.82 Å². The van der Waals surface area contributed by atoms with Crippen LogP contribution in [0.1, 0.15) is 0 Å². The zero-order valence-corrected chi connectivity index (χ0v) is 4.47. The van der Waals surface area contributed by atoms with E-state index in [1.807, 2.05) is 0 Å². The monoisotopic (exact) mass is 133 g/mol.